The van der Waals surface area contributed by atoms with E-state index in [1.807, 2.05) is 36.4 Å². The van der Waals surface area contributed by atoms with Crippen molar-refractivity contribution in [3.05, 3.63) is 76.9 Å². The van der Waals surface area contributed by atoms with Gasteiger partial charge in [-0.25, -0.2) is 4.79 Å². The van der Waals surface area contributed by atoms with E-state index in [1.54, 1.807) is 30.3 Å². The molecule has 0 saturated heterocycles. The predicted octanol–water partition coefficient (Wildman–Crippen LogP) is 4.82. The largest absolute Gasteiger partial charge is 0.465 e. The molecule has 2 aromatic carbocycles. The van der Waals surface area contributed by atoms with Gasteiger partial charge in [0.1, 0.15) is 11.5 Å². The first-order chi connectivity index (χ1) is 13.1. The Bertz CT molecular complexity index is 1070. The van der Waals surface area contributed by atoms with Crippen LogP contribution < -0.4 is 5.32 Å². The maximum Gasteiger partial charge on any atom is 0.337 e. The van der Waals surface area contributed by atoms with Gasteiger partial charge in [0.15, 0.2) is 0 Å². The van der Waals surface area contributed by atoms with Gasteiger partial charge >= 0.3 is 5.97 Å². The Morgan fingerprint density at radius 3 is 2.81 bits per heavy atom. The summed E-state index contributed by atoms with van der Waals surface area (Å²) in [5.74, 6) is 0.601. The SMILES string of the molecule is COC(=O)c1cccc(-c2ccc(/C=C3\Sc4ccccc4NC3=O)o2)c1. The zero-order chi connectivity index (χ0) is 18.8. The number of benzene rings is 2. The van der Waals surface area contributed by atoms with Crippen LogP contribution in [0.2, 0.25) is 0 Å². The molecule has 3 aromatic rings. The Morgan fingerprint density at radius 2 is 1.96 bits per heavy atom. The van der Waals surface area contributed by atoms with Crippen LogP contribution in [0.5, 0.6) is 0 Å². The smallest absolute Gasteiger partial charge is 0.337 e. The molecule has 134 valence electrons. The highest BCUT2D eigenvalue weighted by Crippen LogP contribution is 2.38. The maximum atomic E-state index is 12.3. The van der Waals surface area contributed by atoms with Gasteiger partial charge in [0.25, 0.3) is 5.91 Å². The van der Waals surface area contributed by atoms with E-state index in [2.05, 4.69) is 5.32 Å². The molecule has 0 atom stereocenters. The van der Waals surface area contributed by atoms with Crippen molar-refractivity contribution in [3.63, 3.8) is 0 Å². The number of thioether (sulfide) groups is 1. The molecule has 6 heteroatoms. The minimum atomic E-state index is -0.403. The molecule has 2 heterocycles. The monoisotopic (exact) mass is 377 g/mol. The normalized spacial score (nSPS) is 14.6. The van der Waals surface area contributed by atoms with Gasteiger partial charge in [-0.3, -0.25) is 4.79 Å². The van der Waals surface area contributed by atoms with Crippen molar-refractivity contribution in [2.75, 3.05) is 12.4 Å². The van der Waals surface area contributed by atoms with Gasteiger partial charge < -0.3 is 14.5 Å². The predicted molar refractivity (Wildman–Crippen MR) is 104 cm³/mol. The molecule has 0 bridgehead atoms. The molecule has 0 saturated carbocycles. The van der Waals surface area contributed by atoms with Crippen LogP contribution >= 0.6 is 11.8 Å². The van der Waals surface area contributed by atoms with Crippen LogP contribution in [0.25, 0.3) is 17.4 Å². The van der Waals surface area contributed by atoms with Gasteiger partial charge in [-0.2, -0.15) is 0 Å². The molecule has 1 amide bonds. The van der Waals surface area contributed by atoms with Crippen molar-refractivity contribution >= 4 is 35.4 Å². The van der Waals surface area contributed by atoms with E-state index in [0.29, 0.717) is 22.0 Å². The number of nitrogens with one attached hydrogen (secondary N) is 1. The zero-order valence-corrected chi connectivity index (χ0v) is 15.2. The second-order valence-corrected chi connectivity index (χ2v) is 6.92. The third kappa shape index (κ3) is 3.52. The quantitative estimate of drug-likeness (QED) is 0.524. The van der Waals surface area contributed by atoms with Crippen molar-refractivity contribution in [1.29, 1.82) is 0 Å². The van der Waals surface area contributed by atoms with Gasteiger partial charge in [-0.1, -0.05) is 36.0 Å². The topological polar surface area (TPSA) is 68.5 Å². The highest BCUT2D eigenvalue weighted by Gasteiger charge is 2.21. The number of anilines is 1. The Labute approximate surface area is 160 Å². The van der Waals surface area contributed by atoms with Crippen LogP contribution in [0.15, 0.2) is 74.9 Å². The summed E-state index contributed by atoms with van der Waals surface area (Å²) in [6, 6.07) is 18.3. The van der Waals surface area contributed by atoms with E-state index in [1.165, 1.54) is 18.9 Å². The molecule has 0 spiro atoms. The van der Waals surface area contributed by atoms with Crippen molar-refractivity contribution in [3.8, 4) is 11.3 Å². The van der Waals surface area contributed by atoms with Crippen LogP contribution in [0.1, 0.15) is 16.1 Å². The van der Waals surface area contributed by atoms with Crippen LogP contribution in [-0.2, 0) is 9.53 Å². The highest BCUT2D eigenvalue weighted by molar-refractivity contribution is 8.04. The first-order valence-electron chi connectivity index (χ1n) is 8.22. The van der Waals surface area contributed by atoms with Gasteiger partial charge in [0.2, 0.25) is 0 Å². The molecule has 1 aliphatic heterocycles. The summed E-state index contributed by atoms with van der Waals surface area (Å²) in [5, 5.41) is 2.87. The fourth-order valence-electron chi connectivity index (χ4n) is 2.73. The van der Waals surface area contributed by atoms with Gasteiger partial charge in [-0.05, 0) is 36.4 Å². The fraction of sp³-hybridized carbons (Fsp3) is 0.0476. The van der Waals surface area contributed by atoms with E-state index in [-0.39, 0.29) is 5.91 Å². The number of hydrogen-bond acceptors (Lipinski definition) is 5. The van der Waals surface area contributed by atoms with Gasteiger partial charge in [-0.15, -0.1) is 0 Å². The second kappa shape index (κ2) is 7.17. The molecule has 1 aromatic heterocycles. The van der Waals surface area contributed by atoms with Crippen molar-refractivity contribution < 1.29 is 18.7 Å². The fourth-order valence-corrected chi connectivity index (χ4v) is 3.67. The average Bonchev–Trinajstić information content (AvgIpc) is 3.16. The number of methoxy groups -OCH3 is 1. The van der Waals surface area contributed by atoms with Crippen LogP contribution in [-0.4, -0.2) is 19.0 Å². The summed E-state index contributed by atoms with van der Waals surface area (Å²) >= 11 is 1.40. The van der Waals surface area contributed by atoms with Crippen molar-refractivity contribution in [2.45, 2.75) is 4.90 Å². The number of fused-ring (bicyclic) bond motifs is 1. The van der Waals surface area contributed by atoms with E-state index in [9.17, 15) is 9.59 Å². The number of esters is 1. The molecule has 1 N–H and O–H groups in total. The zero-order valence-electron chi connectivity index (χ0n) is 14.4. The lowest BCUT2D eigenvalue weighted by Crippen LogP contribution is -2.16. The number of rotatable bonds is 3. The van der Waals surface area contributed by atoms with E-state index >= 15 is 0 Å². The van der Waals surface area contributed by atoms with Crippen LogP contribution in [0.4, 0.5) is 5.69 Å². The third-order valence-electron chi connectivity index (χ3n) is 4.05. The first-order valence-corrected chi connectivity index (χ1v) is 9.04. The molecule has 0 unspecified atom stereocenters. The molecule has 5 nitrogen and oxygen atoms in total. The Balaban J connectivity index is 1.61. The average molecular weight is 377 g/mol. The van der Waals surface area contributed by atoms with E-state index in [4.69, 9.17) is 9.15 Å². The summed E-state index contributed by atoms with van der Waals surface area (Å²) in [5.41, 5.74) is 2.02. The third-order valence-corrected chi connectivity index (χ3v) is 5.15. The summed E-state index contributed by atoms with van der Waals surface area (Å²) in [4.78, 5) is 25.5. The summed E-state index contributed by atoms with van der Waals surface area (Å²) in [7, 11) is 1.34. The summed E-state index contributed by atoms with van der Waals surface area (Å²) in [6.45, 7) is 0. The molecule has 27 heavy (non-hydrogen) atoms. The number of hydrogen-bond donors (Lipinski definition) is 1. The minimum Gasteiger partial charge on any atom is -0.465 e. The molecule has 0 aliphatic carbocycles. The van der Waals surface area contributed by atoms with E-state index in [0.717, 1.165) is 16.1 Å². The van der Waals surface area contributed by atoms with Crippen molar-refractivity contribution in [2.24, 2.45) is 0 Å². The Kier molecular flexibility index (Phi) is 4.56. The van der Waals surface area contributed by atoms with Crippen LogP contribution in [0, 0.1) is 0 Å². The molecule has 0 fully saturated rings. The number of furan rings is 1. The number of amides is 1. The number of ether oxygens (including phenoxy) is 1. The molecular weight excluding hydrogens is 362 g/mol. The summed E-state index contributed by atoms with van der Waals surface area (Å²) < 4.78 is 10.6. The minimum absolute atomic E-state index is 0.163. The lowest BCUT2D eigenvalue weighted by atomic mass is 10.1. The van der Waals surface area contributed by atoms with Gasteiger partial charge in [0.05, 0.1) is 23.3 Å². The van der Waals surface area contributed by atoms with E-state index < -0.39 is 5.97 Å². The molecular formula is C21H15NO4S. The van der Waals surface area contributed by atoms with Gasteiger partial charge in [0, 0.05) is 16.5 Å². The molecule has 4 rings (SSSR count). The lowest BCUT2D eigenvalue weighted by Gasteiger charge is -2.17. The van der Waals surface area contributed by atoms with Crippen LogP contribution in [0.3, 0.4) is 0 Å². The standard InChI is InChI=1S/C21H15NO4S/c1-25-21(24)14-6-4-5-13(11-14)17-10-9-15(26-17)12-19-20(23)22-16-7-2-3-8-18(16)27-19/h2-12H,1H3,(H,22,23)/b19-12-. The van der Waals surface area contributed by atoms with Crippen molar-refractivity contribution in [1.82, 2.24) is 0 Å². The molecule has 0 radical (unpaired) electrons. The Morgan fingerprint density at radius 1 is 1.11 bits per heavy atom. The Hall–Kier alpha value is -3.25. The lowest BCUT2D eigenvalue weighted by molar-refractivity contribution is -0.112. The number of carbonyl (C=O) groups is 2. The number of carbonyl (C=O) groups excluding carboxylic acids is 2. The maximum absolute atomic E-state index is 12.3. The first kappa shape index (κ1) is 17.2. The highest BCUT2D eigenvalue weighted by atomic mass is 32.2. The summed E-state index contributed by atoms with van der Waals surface area (Å²) in [6.07, 6.45) is 1.71. The second-order valence-electron chi connectivity index (χ2n) is 5.84. The molecule has 1 aliphatic rings. The number of para-hydroxylation sites is 1.